The van der Waals surface area contributed by atoms with Crippen LogP contribution in [-0.2, 0) is 6.42 Å². The molecule has 1 aliphatic heterocycles. The summed E-state index contributed by atoms with van der Waals surface area (Å²) in [6.07, 6.45) is 3.77. The molecule has 0 radical (unpaired) electrons. The molecule has 29 heavy (non-hydrogen) atoms. The quantitative estimate of drug-likeness (QED) is 0.485. The summed E-state index contributed by atoms with van der Waals surface area (Å²) in [5, 5.41) is 11.7. The molecule has 0 bridgehead atoms. The maximum atomic E-state index is 11.7. The molecule has 0 atom stereocenters. The number of piperidine rings is 1. The van der Waals surface area contributed by atoms with Gasteiger partial charge in [0.2, 0.25) is 0 Å². The summed E-state index contributed by atoms with van der Waals surface area (Å²) in [5.41, 5.74) is 3.24. The number of hydrogen-bond donors (Lipinski definition) is 0. The van der Waals surface area contributed by atoms with Crippen molar-refractivity contribution < 1.29 is 9.66 Å². The number of ether oxygens (including phenoxy) is 1. The highest BCUT2D eigenvalue weighted by Crippen LogP contribution is 2.37. The van der Waals surface area contributed by atoms with Crippen molar-refractivity contribution in [2.75, 3.05) is 45.7 Å². The average molecular weight is 398 g/mol. The molecule has 6 heteroatoms. The summed E-state index contributed by atoms with van der Waals surface area (Å²) in [6, 6.07) is 13.9. The predicted molar refractivity (Wildman–Crippen MR) is 117 cm³/mol. The Kier molecular flexibility index (Phi) is 7.09. The third kappa shape index (κ3) is 5.26. The second-order valence-corrected chi connectivity index (χ2v) is 7.99. The zero-order valence-corrected chi connectivity index (χ0v) is 17.6. The van der Waals surface area contributed by atoms with Gasteiger partial charge in [0, 0.05) is 19.2 Å². The first-order valence-electron chi connectivity index (χ1n) is 10.3. The molecule has 1 fully saturated rings. The standard InChI is InChI=1S/C23H31N3O3/c1-24(2)14-6-7-18-10-11-21(22(17-18)26(27)28)25-15-12-19(13-16-25)20-8-4-5-9-23(20)29-3/h4-5,8-11,17,19H,6-7,12-16H2,1-3H3. The minimum Gasteiger partial charge on any atom is -0.496 e. The lowest BCUT2D eigenvalue weighted by Crippen LogP contribution is -2.33. The molecule has 1 saturated heterocycles. The summed E-state index contributed by atoms with van der Waals surface area (Å²) < 4.78 is 5.51. The Bertz CT molecular complexity index is 830. The van der Waals surface area contributed by atoms with Gasteiger partial charge in [0.1, 0.15) is 11.4 Å². The smallest absolute Gasteiger partial charge is 0.292 e. The van der Waals surface area contributed by atoms with E-state index in [-0.39, 0.29) is 10.6 Å². The minimum absolute atomic E-state index is 0.225. The van der Waals surface area contributed by atoms with Gasteiger partial charge in [-0.05, 0) is 75.5 Å². The van der Waals surface area contributed by atoms with Crippen molar-refractivity contribution in [3.8, 4) is 5.75 Å². The molecule has 0 amide bonds. The number of nitrogens with zero attached hydrogens (tertiary/aromatic N) is 3. The van der Waals surface area contributed by atoms with E-state index >= 15 is 0 Å². The molecule has 1 aliphatic rings. The number of methoxy groups -OCH3 is 1. The summed E-state index contributed by atoms with van der Waals surface area (Å²) in [7, 11) is 5.79. The van der Waals surface area contributed by atoms with E-state index in [0.717, 1.165) is 62.3 Å². The lowest BCUT2D eigenvalue weighted by atomic mass is 9.88. The van der Waals surface area contributed by atoms with Crippen LogP contribution in [0.15, 0.2) is 42.5 Å². The fourth-order valence-electron chi connectivity index (χ4n) is 4.17. The van der Waals surface area contributed by atoms with Gasteiger partial charge in [0.15, 0.2) is 0 Å². The minimum atomic E-state index is -0.239. The molecule has 0 saturated carbocycles. The molecule has 156 valence electrons. The fraction of sp³-hybridized carbons (Fsp3) is 0.478. The fourth-order valence-corrected chi connectivity index (χ4v) is 4.17. The molecule has 2 aromatic carbocycles. The maximum Gasteiger partial charge on any atom is 0.292 e. The zero-order chi connectivity index (χ0) is 20.8. The number of para-hydroxylation sites is 1. The van der Waals surface area contributed by atoms with Crippen molar-refractivity contribution in [3.63, 3.8) is 0 Å². The molecule has 0 aliphatic carbocycles. The summed E-state index contributed by atoms with van der Waals surface area (Å²) in [5.74, 6) is 1.35. The second-order valence-electron chi connectivity index (χ2n) is 7.99. The average Bonchev–Trinajstić information content (AvgIpc) is 2.73. The Morgan fingerprint density at radius 2 is 1.90 bits per heavy atom. The number of anilines is 1. The van der Waals surface area contributed by atoms with Crippen molar-refractivity contribution in [1.29, 1.82) is 0 Å². The van der Waals surface area contributed by atoms with E-state index in [2.05, 4.69) is 15.9 Å². The number of rotatable bonds is 8. The predicted octanol–water partition coefficient (Wildman–Crippen LogP) is 4.48. The van der Waals surface area contributed by atoms with Gasteiger partial charge in [0.05, 0.1) is 12.0 Å². The zero-order valence-electron chi connectivity index (χ0n) is 17.6. The highest BCUT2D eigenvalue weighted by Gasteiger charge is 2.27. The van der Waals surface area contributed by atoms with Crippen LogP contribution in [0.3, 0.4) is 0 Å². The highest BCUT2D eigenvalue weighted by atomic mass is 16.6. The summed E-state index contributed by atoms with van der Waals surface area (Å²) in [6.45, 7) is 2.60. The molecular formula is C23H31N3O3. The first kappa shape index (κ1) is 21.1. The number of benzene rings is 2. The van der Waals surface area contributed by atoms with Crippen LogP contribution in [0.2, 0.25) is 0 Å². The molecular weight excluding hydrogens is 366 g/mol. The van der Waals surface area contributed by atoms with Gasteiger partial charge < -0.3 is 14.5 Å². The Morgan fingerprint density at radius 1 is 1.17 bits per heavy atom. The van der Waals surface area contributed by atoms with E-state index in [1.807, 2.05) is 44.4 Å². The van der Waals surface area contributed by atoms with Crippen LogP contribution in [0.25, 0.3) is 0 Å². The van der Waals surface area contributed by atoms with E-state index in [1.54, 1.807) is 13.2 Å². The maximum absolute atomic E-state index is 11.7. The Hall–Kier alpha value is -2.60. The molecule has 2 aromatic rings. The van der Waals surface area contributed by atoms with Crippen LogP contribution in [0.5, 0.6) is 5.75 Å². The van der Waals surface area contributed by atoms with Gasteiger partial charge in [0.25, 0.3) is 5.69 Å². The Labute approximate surface area is 173 Å². The Morgan fingerprint density at radius 3 is 2.55 bits per heavy atom. The lowest BCUT2D eigenvalue weighted by molar-refractivity contribution is -0.384. The van der Waals surface area contributed by atoms with Crippen molar-refractivity contribution in [1.82, 2.24) is 4.90 Å². The molecule has 0 spiro atoms. The van der Waals surface area contributed by atoms with Gasteiger partial charge in [-0.2, -0.15) is 0 Å². The van der Waals surface area contributed by atoms with Gasteiger partial charge in [-0.15, -0.1) is 0 Å². The molecule has 0 unspecified atom stereocenters. The van der Waals surface area contributed by atoms with Crippen molar-refractivity contribution in [2.24, 2.45) is 0 Å². The summed E-state index contributed by atoms with van der Waals surface area (Å²) >= 11 is 0. The Balaban J connectivity index is 1.70. The van der Waals surface area contributed by atoms with E-state index in [1.165, 1.54) is 5.56 Å². The molecule has 6 nitrogen and oxygen atoms in total. The third-order valence-electron chi connectivity index (χ3n) is 5.72. The number of nitro groups is 1. The topological polar surface area (TPSA) is 58.8 Å². The van der Waals surface area contributed by atoms with Crippen LogP contribution in [0, 0.1) is 10.1 Å². The normalized spacial score (nSPS) is 15.0. The van der Waals surface area contributed by atoms with Crippen molar-refractivity contribution in [2.45, 2.75) is 31.6 Å². The van der Waals surface area contributed by atoms with Crippen molar-refractivity contribution in [3.05, 3.63) is 63.7 Å². The van der Waals surface area contributed by atoms with E-state index < -0.39 is 0 Å². The second kappa shape index (κ2) is 9.74. The monoisotopic (exact) mass is 397 g/mol. The SMILES string of the molecule is COc1ccccc1C1CCN(c2ccc(CCCN(C)C)cc2[N+](=O)[O-])CC1. The van der Waals surface area contributed by atoms with E-state index in [0.29, 0.717) is 5.92 Å². The third-order valence-corrected chi connectivity index (χ3v) is 5.72. The van der Waals surface area contributed by atoms with E-state index in [4.69, 9.17) is 4.74 Å². The van der Waals surface area contributed by atoms with Crippen LogP contribution in [-0.4, -0.2) is 50.7 Å². The summed E-state index contributed by atoms with van der Waals surface area (Å²) in [4.78, 5) is 15.8. The molecule has 3 rings (SSSR count). The molecule has 1 heterocycles. The lowest BCUT2D eigenvalue weighted by Gasteiger charge is -2.34. The molecule has 0 aromatic heterocycles. The van der Waals surface area contributed by atoms with Gasteiger partial charge in [-0.25, -0.2) is 0 Å². The van der Waals surface area contributed by atoms with Crippen molar-refractivity contribution >= 4 is 11.4 Å². The number of nitro benzene ring substituents is 1. The first-order valence-corrected chi connectivity index (χ1v) is 10.3. The highest BCUT2D eigenvalue weighted by molar-refractivity contribution is 5.64. The largest absolute Gasteiger partial charge is 0.496 e. The van der Waals surface area contributed by atoms with Gasteiger partial charge in [-0.3, -0.25) is 10.1 Å². The van der Waals surface area contributed by atoms with E-state index in [9.17, 15) is 10.1 Å². The van der Waals surface area contributed by atoms with Crippen LogP contribution < -0.4 is 9.64 Å². The van der Waals surface area contributed by atoms with Gasteiger partial charge >= 0.3 is 0 Å². The van der Waals surface area contributed by atoms with Crippen LogP contribution in [0.4, 0.5) is 11.4 Å². The number of hydrogen-bond acceptors (Lipinski definition) is 5. The number of aryl methyl sites for hydroxylation is 1. The van der Waals surface area contributed by atoms with Gasteiger partial charge in [-0.1, -0.05) is 24.3 Å². The molecule has 0 N–H and O–H groups in total. The van der Waals surface area contributed by atoms with Crippen LogP contribution >= 0.6 is 0 Å². The van der Waals surface area contributed by atoms with Crippen LogP contribution in [0.1, 0.15) is 36.3 Å². The first-order chi connectivity index (χ1) is 14.0.